The maximum Gasteiger partial charge on any atom is 0.0759 e. The zero-order valence-electron chi connectivity index (χ0n) is 12.6. The number of rotatable bonds is 9. The van der Waals surface area contributed by atoms with Gasteiger partial charge < -0.3 is 10.1 Å². The third kappa shape index (κ3) is 4.47. The molecule has 0 spiro atoms. The van der Waals surface area contributed by atoms with Crippen LogP contribution >= 0.6 is 11.6 Å². The molecule has 0 aromatic heterocycles. The molecule has 0 saturated heterocycles. The average molecular weight is 296 g/mol. The first-order chi connectivity index (χ1) is 9.76. The summed E-state index contributed by atoms with van der Waals surface area (Å²) in [6, 6.07) is 8.51. The van der Waals surface area contributed by atoms with E-state index >= 15 is 0 Å². The van der Waals surface area contributed by atoms with Crippen LogP contribution in [0.5, 0.6) is 0 Å². The van der Waals surface area contributed by atoms with Crippen LogP contribution in [0.3, 0.4) is 0 Å². The van der Waals surface area contributed by atoms with E-state index in [0.717, 1.165) is 36.9 Å². The van der Waals surface area contributed by atoms with Crippen LogP contribution in [0.4, 0.5) is 0 Å². The van der Waals surface area contributed by atoms with E-state index in [4.69, 9.17) is 16.3 Å². The Bertz CT molecular complexity index is 406. The van der Waals surface area contributed by atoms with Crippen LogP contribution in [0, 0.1) is 5.92 Å². The van der Waals surface area contributed by atoms with Gasteiger partial charge in [0.25, 0.3) is 0 Å². The zero-order chi connectivity index (χ0) is 14.4. The molecule has 1 saturated carbocycles. The van der Waals surface area contributed by atoms with Crippen molar-refractivity contribution in [3.05, 3.63) is 34.9 Å². The smallest absolute Gasteiger partial charge is 0.0759 e. The average Bonchev–Trinajstić information content (AvgIpc) is 3.28. The van der Waals surface area contributed by atoms with Crippen molar-refractivity contribution in [1.82, 2.24) is 5.32 Å². The van der Waals surface area contributed by atoms with Crippen molar-refractivity contribution in [2.24, 2.45) is 5.92 Å². The van der Waals surface area contributed by atoms with Crippen LogP contribution in [0.15, 0.2) is 24.3 Å². The lowest BCUT2D eigenvalue weighted by atomic mass is 9.98. The Hall–Kier alpha value is -0.570. The van der Waals surface area contributed by atoms with Crippen molar-refractivity contribution in [1.29, 1.82) is 0 Å². The fourth-order valence-corrected chi connectivity index (χ4v) is 2.95. The molecule has 1 N–H and O–H groups in total. The summed E-state index contributed by atoms with van der Waals surface area (Å²) in [5, 5.41) is 4.53. The highest BCUT2D eigenvalue weighted by Crippen LogP contribution is 2.37. The van der Waals surface area contributed by atoms with E-state index in [1.807, 2.05) is 12.1 Å². The van der Waals surface area contributed by atoms with Crippen LogP contribution in [-0.2, 0) is 11.2 Å². The first-order valence-corrected chi connectivity index (χ1v) is 8.22. The molecule has 0 radical (unpaired) electrons. The second-order valence-corrected chi connectivity index (χ2v) is 6.02. The first-order valence-electron chi connectivity index (χ1n) is 7.84. The molecule has 1 aliphatic rings. The summed E-state index contributed by atoms with van der Waals surface area (Å²) in [6.45, 7) is 6.10. The van der Waals surface area contributed by atoms with Crippen LogP contribution in [0.2, 0.25) is 5.02 Å². The van der Waals surface area contributed by atoms with Gasteiger partial charge in [0.2, 0.25) is 0 Å². The number of hydrogen-bond acceptors (Lipinski definition) is 2. The number of ether oxygens (including phenoxy) is 1. The van der Waals surface area contributed by atoms with E-state index in [-0.39, 0.29) is 0 Å². The van der Waals surface area contributed by atoms with Gasteiger partial charge in [0.05, 0.1) is 6.10 Å². The Morgan fingerprint density at radius 3 is 2.65 bits per heavy atom. The van der Waals surface area contributed by atoms with Gasteiger partial charge in [-0.15, -0.1) is 0 Å². The third-order valence-electron chi connectivity index (χ3n) is 3.90. The SMILES string of the molecule is CCCNC(Cc1ccccc1Cl)C(OCC)C1CC1. The first kappa shape index (κ1) is 15.8. The molecule has 3 heteroatoms. The number of hydrogen-bond donors (Lipinski definition) is 1. The maximum absolute atomic E-state index is 6.31. The van der Waals surface area contributed by atoms with Gasteiger partial charge in [-0.1, -0.05) is 36.7 Å². The minimum atomic E-state index is 0.322. The van der Waals surface area contributed by atoms with E-state index in [1.54, 1.807) is 0 Å². The Kier molecular flexibility index (Phi) is 6.34. The Balaban J connectivity index is 2.07. The summed E-state index contributed by atoms with van der Waals surface area (Å²) in [5.74, 6) is 0.729. The molecule has 2 rings (SSSR count). The van der Waals surface area contributed by atoms with Crippen molar-refractivity contribution < 1.29 is 4.74 Å². The molecule has 112 valence electrons. The summed E-state index contributed by atoms with van der Waals surface area (Å²) in [5.41, 5.74) is 1.22. The Labute approximate surface area is 127 Å². The highest BCUT2D eigenvalue weighted by molar-refractivity contribution is 6.31. The molecule has 1 aliphatic carbocycles. The van der Waals surface area contributed by atoms with Crippen LogP contribution in [0.25, 0.3) is 0 Å². The predicted molar refractivity (Wildman–Crippen MR) is 85.4 cm³/mol. The normalized spacial score (nSPS) is 17.9. The van der Waals surface area contributed by atoms with Gasteiger partial charge in [-0.25, -0.2) is 0 Å². The molecule has 2 atom stereocenters. The lowest BCUT2D eigenvalue weighted by Crippen LogP contribution is -2.44. The predicted octanol–water partition coefficient (Wildman–Crippen LogP) is 4.07. The lowest BCUT2D eigenvalue weighted by Gasteiger charge is -2.28. The van der Waals surface area contributed by atoms with Gasteiger partial charge >= 0.3 is 0 Å². The van der Waals surface area contributed by atoms with Gasteiger partial charge in [-0.2, -0.15) is 0 Å². The van der Waals surface area contributed by atoms with E-state index in [1.165, 1.54) is 18.4 Å². The molecule has 1 fully saturated rings. The highest BCUT2D eigenvalue weighted by Gasteiger charge is 2.37. The molecule has 0 amide bonds. The summed E-state index contributed by atoms with van der Waals surface area (Å²) in [7, 11) is 0. The van der Waals surface area contributed by atoms with Crippen LogP contribution in [-0.4, -0.2) is 25.3 Å². The van der Waals surface area contributed by atoms with Crippen LogP contribution < -0.4 is 5.32 Å². The summed E-state index contributed by atoms with van der Waals surface area (Å²) >= 11 is 6.31. The van der Waals surface area contributed by atoms with Gasteiger partial charge in [0.1, 0.15) is 0 Å². The third-order valence-corrected chi connectivity index (χ3v) is 4.27. The van der Waals surface area contributed by atoms with Crippen molar-refractivity contribution in [2.75, 3.05) is 13.2 Å². The number of halogens is 1. The van der Waals surface area contributed by atoms with Gasteiger partial charge in [-0.3, -0.25) is 0 Å². The number of nitrogens with one attached hydrogen (secondary N) is 1. The van der Waals surface area contributed by atoms with Crippen molar-refractivity contribution in [3.63, 3.8) is 0 Å². The molecule has 0 heterocycles. The number of benzene rings is 1. The largest absolute Gasteiger partial charge is 0.377 e. The fourth-order valence-electron chi connectivity index (χ4n) is 2.73. The molecule has 2 nitrogen and oxygen atoms in total. The zero-order valence-corrected chi connectivity index (χ0v) is 13.3. The molecule has 1 aromatic rings. The molecule has 20 heavy (non-hydrogen) atoms. The molecule has 0 aliphatic heterocycles. The summed E-state index contributed by atoms with van der Waals surface area (Å²) < 4.78 is 6.03. The molecular formula is C17H26ClNO. The highest BCUT2D eigenvalue weighted by atomic mass is 35.5. The summed E-state index contributed by atoms with van der Waals surface area (Å²) in [4.78, 5) is 0. The molecular weight excluding hydrogens is 270 g/mol. The Morgan fingerprint density at radius 1 is 1.30 bits per heavy atom. The molecule has 0 bridgehead atoms. The molecule has 2 unspecified atom stereocenters. The van der Waals surface area contributed by atoms with E-state index < -0.39 is 0 Å². The standard InChI is InChI=1S/C17H26ClNO/c1-3-11-19-16(17(20-4-2)13-9-10-13)12-14-7-5-6-8-15(14)18/h5-8,13,16-17,19H,3-4,9-12H2,1-2H3. The fraction of sp³-hybridized carbons (Fsp3) is 0.647. The second-order valence-electron chi connectivity index (χ2n) is 5.61. The minimum absolute atomic E-state index is 0.322. The van der Waals surface area contributed by atoms with Gasteiger partial charge in [-0.05, 0) is 56.7 Å². The Morgan fingerprint density at radius 2 is 2.05 bits per heavy atom. The summed E-state index contributed by atoms with van der Waals surface area (Å²) in [6.07, 6.45) is 5.01. The molecule has 1 aromatic carbocycles. The van der Waals surface area contributed by atoms with Gasteiger partial charge in [0, 0.05) is 17.7 Å². The monoisotopic (exact) mass is 295 g/mol. The minimum Gasteiger partial charge on any atom is -0.377 e. The van der Waals surface area contributed by atoms with Crippen molar-refractivity contribution in [2.45, 2.75) is 51.7 Å². The maximum atomic E-state index is 6.31. The van der Waals surface area contributed by atoms with Crippen molar-refractivity contribution in [3.8, 4) is 0 Å². The van der Waals surface area contributed by atoms with Crippen LogP contribution in [0.1, 0.15) is 38.7 Å². The quantitative estimate of drug-likeness (QED) is 0.741. The van der Waals surface area contributed by atoms with Gasteiger partial charge in [0.15, 0.2) is 0 Å². The van der Waals surface area contributed by atoms with Crippen molar-refractivity contribution >= 4 is 11.6 Å². The topological polar surface area (TPSA) is 21.3 Å². The lowest BCUT2D eigenvalue weighted by molar-refractivity contribution is 0.0192. The van der Waals surface area contributed by atoms with E-state index in [2.05, 4.69) is 31.3 Å². The van der Waals surface area contributed by atoms with E-state index in [0.29, 0.717) is 12.1 Å². The van der Waals surface area contributed by atoms with E-state index in [9.17, 15) is 0 Å². The second kappa shape index (κ2) is 8.02.